The highest BCUT2D eigenvalue weighted by molar-refractivity contribution is 6.31. The number of aromatic nitrogens is 1. The van der Waals surface area contributed by atoms with Crippen molar-refractivity contribution in [2.75, 3.05) is 44.2 Å². The molecule has 5 rings (SSSR count). The van der Waals surface area contributed by atoms with E-state index < -0.39 is 0 Å². The number of anilines is 1. The average Bonchev–Trinajstić information content (AvgIpc) is 3.25. The average molecular weight is 527 g/mol. The Balaban J connectivity index is 1.18. The number of rotatable bonds is 5. The predicted molar refractivity (Wildman–Crippen MR) is 145 cm³/mol. The molecule has 0 saturated carbocycles. The van der Waals surface area contributed by atoms with Crippen molar-refractivity contribution in [2.45, 2.75) is 33.2 Å². The van der Waals surface area contributed by atoms with Gasteiger partial charge in [-0.15, -0.1) is 0 Å². The van der Waals surface area contributed by atoms with Crippen LogP contribution in [0.4, 0.5) is 5.69 Å². The maximum Gasteiger partial charge on any atom is 0.227 e. The minimum absolute atomic E-state index is 0.0258. The Hall–Kier alpha value is -2.54. The Bertz CT molecular complexity index is 1240. The normalized spacial score (nSPS) is 19.1. The van der Waals surface area contributed by atoms with Crippen molar-refractivity contribution in [3.63, 3.8) is 0 Å². The summed E-state index contributed by atoms with van der Waals surface area (Å²) in [6, 6.07) is 13.5. The third-order valence-corrected chi connectivity index (χ3v) is 7.77. The molecule has 2 fully saturated rings. The van der Waals surface area contributed by atoms with E-state index in [1.165, 1.54) is 11.3 Å². The van der Waals surface area contributed by atoms with E-state index in [0.717, 1.165) is 74.2 Å². The molecule has 1 atom stereocenters. The molecule has 0 unspecified atom stereocenters. The van der Waals surface area contributed by atoms with E-state index in [2.05, 4.69) is 22.8 Å². The number of nitrogens with zero attached hydrogens (tertiary/aromatic N) is 4. The maximum atomic E-state index is 13.4. The molecule has 36 heavy (non-hydrogen) atoms. The van der Waals surface area contributed by atoms with Crippen LogP contribution in [-0.2, 0) is 11.3 Å². The second-order valence-electron chi connectivity index (χ2n) is 9.85. The molecule has 0 aliphatic carbocycles. The van der Waals surface area contributed by atoms with Gasteiger partial charge in [0.1, 0.15) is 5.76 Å². The summed E-state index contributed by atoms with van der Waals surface area (Å²) in [5.41, 5.74) is 4.17. The summed E-state index contributed by atoms with van der Waals surface area (Å²) < 4.78 is 5.94. The standard InChI is InChI=1S/C28H32Cl2N4O2/c1-19-8-9-24(30)16-26(19)33-11-13-34(14-12-33)28(35)22-6-4-10-32(17-22)18-25-20(2)36-27(31-25)21-5-3-7-23(29)15-21/h3,5,7-9,15-16,22H,4,6,10-14,17-18H2,1-2H3/t22-/m1/s1. The van der Waals surface area contributed by atoms with E-state index in [4.69, 9.17) is 32.6 Å². The van der Waals surface area contributed by atoms with Crippen LogP contribution in [0.1, 0.15) is 29.9 Å². The molecule has 8 heteroatoms. The molecule has 3 aromatic rings. The van der Waals surface area contributed by atoms with Crippen molar-refractivity contribution in [1.82, 2.24) is 14.8 Å². The van der Waals surface area contributed by atoms with Gasteiger partial charge < -0.3 is 14.2 Å². The highest BCUT2D eigenvalue weighted by Gasteiger charge is 2.32. The number of hydrogen-bond acceptors (Lipinski definition) is 5. The van der Waals surface area contributed by atoms with Crippen LogP contribution in [0.15, 0.2) is 46.9 Å². The molecule has 6 nitrogen and oxygen atoms in total. The molecule has 190 valence electrons. The number of piperazine rings is 1. The Morgan fingerprint density at radius 1 is 1.03 bits per heavy atom. The van der Waals surface area contributed by atoms with E-state index in [0.29, 0.717) is 17.5 Å². The van der Waals surface area contributed by atoms with Gasteiger partial charge in [0.15, 0.2) is 0 Å². The first-order valence-corrected chi connectivity index (χ1v) is 13.4. The van der Waals surface area contributed by atoms with Gasteiger partial charge in [0.2, 0.25) is 11.8 Å². The fourth-order valence-electron chi connectivity index (χ4n) is 5.28. The minimum atomic E-state index is 0.0258. The van der Waals surface area contributed by atoms with Gasteiger partial charge in [-0.3, -0.25) is 9.69 Å². The lowest BCUT2D eigenvalue weighted by Crippen LogP contribution is -2.52. The maximum absolute atomic E-state index is 13.4. The van der Waals surface area contributed by atoms with Crippen LogP contribution in [0.2, 0.25) is 10.0 Å². The zero-order chi connectivity index (χ0) is 25.2. The molecular weight excluding hydrogens is 495 g/mol. The Morgan fingerprint density at radius 3 is 2.58 bits per heavy atom. The number of carbonyl (C=O) groups is 1. The molecule has 2 aromatic carbocycles. The Morgan fingerprint density at radius 2 is 1.81 bits per heavy atom. The third kappa shape index (κ3) is 5.56. The molecule has 2 aliphatic rings. The van der Waals surface area contributed by atoms with Crippen molar-refractivity contribution >= 4 is 34.8 Å². The van der Waals surface area contributed by atoms with Gasteiger partial charge in [-0.2, -0.15) is 0 Å². The molecule has 1 amide bonds. The molecule has 0 spiro atoms. The molecule has 2 aliphatic heterocycles. The number of likely N-dealkylation sites (tertiary alicyclic amines) is 1. The van der Waals surface area contributed by atoms with Gasteiger partial charge in [0.05, 0.1) is 11.6 Å². The number of benzene rings is 2. The van der Waals surface area contributed by atoms with E-state index >= 15 is 0 Å². The smallest absolute Gasteiger partial charge is 0.227 e. The SMILES string of the molecule is Cc1ccc(Cl)cc1N1CCN(C(=O)[C@@H]2CCCN(Cc3nc(-c4cccc(Cl)c4)oc3C)C2)CC1. The number of hydrogen-bond donors (Lipinski definition) is 0. The molecule has 0 radical (unpaired) electrons. The summed E-state index contributed by atoms with van der Waals surface area (Å²) in [6.45, 7) is 9.59. The molecule has 3 heterocycles. The number of piperidine rings is 1. The van der Waals surface area contributed by atoms with Crippen molar-refractivity contribution in [2.24, 2.45) is 5.92 Å². The molecule has 2 saturated heterocycles. The zero-order valence-corrected chi connectivity index (χ0v) is 22.4. The number of halogens is 2. The van der Waals surface area contributed by atoms with E-state index in [1.54, 1.807) is 0 Å². The highest BCUT2D eigenvalue weighted by Crippen LogP contribution is 2.28. The van der Waals surface area contributed by atoms with Crippen LogP contribution < -0.4 is 4.90 Å². The topological polar surface area (TPSA) is 52.8 Å². The number of carbonyl (C=O) groups excluding carboxylic acids is 1. The quantitative estimate of drug-likeness (QED) is 0.418. The van der Waals surface area contributed by atoms with Crippen LogP contribution in [0.5, 0.6) is 0 Å². The van der Waals surface area contributed by atoms with Gasteiger partial charge in [0.25, 0.3) is 0 Å². The lowest BCUT2D eigenvalue weighted by Gasteiger charge is -2.40. The highest BCUT2D eigenvalue weighted by atomic mass is 35.5. The van der Waals surface area contributed by atoms with Crippen LogP contribution in [-0.4, -0.2) is 60.0 Å². The lowest BCUT2D eigenvalue weighted by molar-refractivity contribution is -0.137. The predicted octanol–water partition coefficient (Wildman–Crippen LogP) is 5.83. The molecule has 1 aromatic heterocycles. The van der Waals surface area contributed by atoms with Crippen molar-refractivity contribution < 1.29 is 9.21 Å². The van der Waals surface area contributed by atoms with Crippen molar-refractivity contribution in [3.05, 3.63) is 69.5 Å². The van der Waals surface area contributed by atoms with E-state index in [9.17, 15) is 4.79 Å². The van der Waals surface area contributed by atoms with E-state index in [1.807, 2.05) is 48.2 Å². The number of amides is 1. The van der Waals surface area contributed by atoms with Crippen molar-refractivity contribution in [3.8, 4) is 11.5 Å². The zero-order valence-electron chi connectivity index (χ0n) is 20.8. The fraction of sp³-hybridized carbons (Fsp3) is 0.429. The summed E-state index contributed by atoms with van der Waals surface area (Å²) in [6.07, 6.45) is 1.95. The first-order valence-electron chi connectivity index (χ1n) is 12.6. The minimum Gasteiger partial charge on any atom is -0.441 e. The second kappa shape index (κ2) is 10.8. The summed E-state index contributed by atoms with van der Waals surface area (Å²) in [7, 11) is 0. The first-order chi connectivity index (χ1) is 17.4. The Kier molecular flexibility index (Phi) is 7.56. The number of aryl methyl sites for hydroxylation is 2. The third-order valence-electron chi connectivity index (χ3n) is 7.30. The van der Waals surface area contributed by atoms with Gasteiger partial charge in [-0.25, -0.2) is 4.98 Å². The summed E-state index contributed by atoms with van der Waals surface area (Å²) in [4.78, 5) is 24.9. The largest absolute Gasteiger partial charge is 0.441 e. The van der Waals surface area contributed by atoms with Gasteiger partial charge in [0, 0.05) is 60.6 Å². The van der Waals surface area contributed by atoms with Gasteiger partial charge >= 0.3 is 0 Å². The van der Waals surface area contributed by atoms with Crippen LogP contribution in [0.3, 0.4) is 0 Å². The van der Waals surface area contributed by atoms with Crippen molar-refractivity contribution in [1.29, 1.82) is 0 Å². The summed E-state index contributed by atoms with van der Waals surface area (Å²) in [5, 5.41) is 1.41. The molecule has 0 bridgehead atoms. The summed E-state index contributed by atoms with van der Waals surface area (Å²) in [5.74, 6) is 1.70. The van der Waals surface area contributed by atoms with E-state index in [-0.39, 0.29) is 11.8 Å². The van der Waals surface area contributed by atoms with Crippen LogP contribution in [0.25, 0.3) is 11.5 Å². The molecule has 0 N–H and O–H groups in total. The Labute approximate surface area is 222 Å². The monoisotopic (exact) mass is 526 g/mol. The van der Waals surface area contributed by atoms with Gasteiger partial charge in [-0.05, 0) is 69.1 Å². The number of oxazole rings is 1. The van der Waals surface area contributed by atoms with Gasteiger partial charge in [-0.1, -0.05) is 35.3 Å². The first kappa shape index (κ1) is 25.1. The molecular formula is C28H32Cl2N4O2. The second-order valence-corrected chi connectivity index (χ2v) is 10.7. The fourth-order valence-corrected chi connectivity index (χ4v) is 5.64. The lowest BCUT2D eigenvalue weighted by atomic mass is 9.96. The summed E-state index contributed by atoms with van der Waals surface area (Å²) >= 11 is 12.4. The van der Waals surface area contributed by atoms with Crippen LogP contribution in [0, 0.1) is 19.8 Å². The van der Waals surface area contributed by atoms with Crippen LogP contribution >= 0.6 is 23.2 Å².